The van der Waals surface area contributed by atoms with E-state index in [4.69, 9.17) is 15.2 Å². The van der Waals surface area contributed by atoms with Crippen molar-refractivity contribution in [2.24, 2.45) is 5.73 Å². The third kappa shape index (κ3) is 5.07. The Hall–Kier alpha value is -2.58. The first-order valence-corrected chi connectivity index (χ1v) is 10.4. The molecule has 2 bridgehead atoms. The van der Waals surface area contributed by atoms with E-state index in [1.54, 1.807) is 0 Å². The molecule has 1 amide bonds. The fourth-order valence-corrected chi connectivity index (χ4v) is 3.79. The standard InChI is InChI=1S/C21H29N5O3/c22-17-6-2-1-3-9-23-18-11-14(7-8-16(18)19-12-24-20(17)26-19)25-21(27)29-13-15-5-4-10-28-15/h7-8,11-12,15,17,23H,1-6,9-10,13,22H2,(H,24,26)(H,25,27)/t15?,17-/m0/s1. The third-order valence-electron chi connectivity index (χ3n) is 5.43. The number of carbonyl (C=O) groups is 1. The summed E-state index contributed by atoms with van der Waals surface area (Å²) in [6.45, 7) is 1.88. The molecule has 1 aromatic carbocycles. The second-order valence-electron chi connectivity index (χ2n) is 7.68. The molecule has 2 atom stereocenters. The topological polar surface area (TPSA) is 114 Å². The second kappa shape index (κ2) is 9.28. The minimum absolute atomic E-state index is 0.0138. The van der Waals surface area contributed by atoms with E-state index in [2.05, 4.69) is 20.6 Å². The molecule has 5 N–H and O–H groups in total. The van der Waals surface area contributed by atoms with Crippen LogP contribution in [-0.4, -0.2) is 41.9 Å². The molecule has 1 unspecified atom stereocenters. The van der Waals surface area contributed by atoms with Crippen LogP contribution in [0.3, 0.4) is 0 Å². The predicted molar refractivity (Wildman–Crippen MR) is 112 cm³/mol. The lowest BCUT2D eigenvalue weighted by atomic mass is 10.1. The van der Waals surface area contributed by atoms with Crippen molar-refractivity contribution < 1.29 is 14.3 Å². The van der Waals surface area contributed by atoms with Crippen LogP contribution in [0.1, 0.15) is 50.4 Å². The van der Waals surface area contributed by atoms with Crippen LogP contribution in [0.4, 0.5) is 16.2 Å². The number of hydrogen-bond donors (Lipinski definition) is 4. The van der Waals surface area contributed by atoms with Crippen molar-refractivity contribution in [1.29, 1.82) is 0 Å². The molecule has 1 aromatic heterocycles. The lowest BCUT2D eigenvalue weighted by Crippen LogP contribution is -2.21. The van der Waals surface area contributed by atoms with E-state index in [1.165, 1.54) is 0 Å². The van der Waals surface area contributed by atoms with Gasteiger partial charge < -0.3 is 25.5 Å². The number of benzene rings is 1. The van der Waals surface area contributed by atoms with Gasteiger partial charge in [-0.25, -0.2) is 9.78 Å². The van der Waals surface area contributed by atoms with Crippen LogP contribution in [-0.2, 0) is 9.47 Å². The quantitative estimate of drug-likeness (QED) is 0.624. The van der Waals surface area contributed by atoms with Crippen LogP contribution in [0.5, 0.6) is 0 Å². The molecule has 156 valence electrons. The van der Waals surface area contributed by atoms with Gasteiger partial charge in [-0.15, -0.1) is 0 Å². The maximum absolute atomic E-state index is 12.1. The molecule has 8 nitrogen and oxygen atoms in total. The number of rotatable bonds is 3. The van der Waals surface area contributed by atoms with Gasteiger partial charge in [-0.3, -0.25) is 5.32 Å². The molecule has 3 heterocycles. The first kappa shape index (κ1) is 19.7. The lowest BCUT2D eigenvalue weighted by Gasteiger charge is -2.16. The van der Waals surface area contributed by atoms with Gasteiger partial charge in [0.15, 0.2) is 0 Å². The van der Waals surface area contributed by atoms with Gasteiger partial charge in [0.2, 0.25) is 0 Å². The minimum Gasteiger partial charge on any atom is -0.447 e. The number of nitrogens with two attached hydrogens (primary N) is 1. The van der Waals surface area contributed by atoms with E-state index in [-0.39, 0.29) is 18.8 Å². The molecule has 0 radical (unpaired) electrons. The average Bonchev–Trinajstić information content (AvgIpc) is 3.40. The summed E-state index contributed by atoms with van der Waals surface area (Å²) in [5.74, 6) is 0.812. The third-order valence-corrected chi connectivity index (χ3v) is 5.43. The highest BCUT2D eigenvalue weighted by atomic mass is 16.6. The van der Waals surface area contributed by atoms with Crippen LogP contribution in [0.2, 0.25) is 0 Å². The minimum atomic E-state index is -0.469. The molecule has 2 aliphatic rings. The molecule has 4 rings (SSSR count). The van der Waals surface area contributed by atoms with Crippen LogP contribution < -0.4 is 16.4 Å². The van der Waals surface area contributed by atoms with Crippen LogP contribution in [0, 0.1) is 0 Å². The summed E-state index contributed by atoms with van der Waals surface area (Å²) in [7, 11) is 0. The Bertz CT molecular complexity index is 831. The molecule has 0 aliphatic carbocycles. The maximum Gasteiger partial charge on any atom is 0.411 e. The summed E-state index contributed by atoms with van der Waals surface area (Å²) in [5.41, 5.74) is 9.77. The summed E-state index contributed by atoms with van der Waals surface area (Å²) in [4.78, 5) is 20.0. The van der Waals surface area contributed by atoms with E-state index >= 15 is 0 Å². The van der Waals surface area contributed by atoms with Gasteiger partial charge in [-0.2, -0.15) is 0 Å². The van der Waals surface area contributed by atoms with Crippen LogP contribution >= 0.6 is 0 Å². The Labute approximate surface area is 170 Å². The normalized spacial score (nSPS) is 22.0. The largest absolute Gasteiger partial charge is 0.447 e. The van der Waals surface area contributed by atoms with Crippen molar-refractivity contribution in [2.75, 3.05) is 30.4 Å². The van der Waals surface area contributed by atoms with E-state index in [9.17, 15) is 4.79 Å². The molecule has 1 saturated heterocycles. The number of carbonyl (C=O) groups excluding carboxylic acids is 1. The molecular weight excluding hydrogens is 370 g/mol. The predicted octanol–water partition coefficient (Wildman–Crippen LogP) is 3.79. The smallest absolute Gasteiger partial charge is 0.411 e. The number of aromatic nitrogens is 2. The van der Waals surface area contributed by atoms with Gasteiger partial charge in [0.05, 0.1) is 24.0 Å². The zero-order valence-electron chi connectivity index (χ0n) is 16.6. The second-order valence-corrected chi connectivity index (χ2v) is 7.68. The van der Waals surface area contributed by atoms with E-state index in [1.807, 2.05) is 24.4 Å². The zero-order chi connectivity index (χ0) is 20.1. The van der Waals surface area contributed by atoms with Gasteiger partial charge >= 0.3 is 6.09 Å². The van der Waals surface area contributed by atoms with Gasteiger partial charge in [-0.05, 0) is 43.9 Å². The van der Waals surface area contributed by atoms with Gasteiger partial charge in [-0.1, -0.05) is 12.8 Å². The molecule has 0 saturated carbocycles. The van der Waals surface area contributed by atoms with Gasteiger partial charge in [0.1, 0.15) is 12.4 Å². The number of aromatic amines is 1. The van der Waals surface area contributed by atoms with Crippen LogP contribution in [0.25, 0.3) is 11.3 Å². The fourth-order valence-electron chi connectivity index (χ4n) is 3.79. The van der Waals surface area contributed by atoms with Crippen molar-refractivity contribution in [1.82, 2.24) is 9.97 Å². The summed E-state index contributed by atoms with van der Waals surface area (Å²) < 4.78 is 10.8. The highest BCUT2D eigenvalue weighted by molar-refractivity contribution is 5.88. The summed E-state index contributed by atoms with van der Waals surface area (Å²) in [5, 5.41) is 6.30. The summed E-state index contributed by atoms with van der Waals surface area (Å²) in [6.07, 6.45) is 7.49. The average molecular weight is 399 g/mol. The number of imidazole rings is 1. The highest BCUT2D eigenvalue weighted by Gasteiger charge is 2.18. The monoisotopic (exact) mass is 399 g/mol. The highest BCUT2D eigenvalue weighted by Crippen LogP contribution is 2.31. The number of amides is 1. The fraction of sp³-hybridized carbons (Fsp3) is 0.524. The summed E-state index contributed by atoms with van der Waals surface area (Å²) >= 11 is 0. The Morgan fingerprint density at radius 2 is 2.21 bits per heavy atom. The Morgan fingerprint density at radius 1 is 1.28 bits per heavy atom. The number of nitrogens with zero attached hydrogens (tertiary/aromatic N) is 1. The molecule has 29 heavy (non-hydrogen) atoms. The maximum atomic E-state index is 12.1. The van der Waals surface area contributed by atoms with Crippen molar-refractivity contribution in [3.05, 3.63) is 30.2 Å². The molecular formula is C21H29N5O3. The number of H-pyrrole nitrogens is 1. The van der Waals surface area contributed by atoms with Gasteiger partial charge in [0.25, 0.3) is 0 Å². The molecule has 2 aliphatic heterocycles. The Kier molecular flexibility index (Phi) is 6.31. The van der Waals surface area contributed by atoms with E-state index < -0.39 is 6.09 Å². The van der Waals surface area contributed by atoms with Gasteiger partial charge in [0, 0.05) is 30.1 Å². The SMILES string of the molecule is N[C@H]1CCCCCNc2cc(NC(=O)OCC3CCCO3)ccc2-c2cnc1[nH]2. The molecule has 1 fully saturated rings. The molecule has 0 spiro atoms. The van der Waals surface area contributed by atoms with Crippen molar-refractivity contribution >= 4 is 17.5 Å². The molecule has 8 heteroatoms. The van der Waals surface area contributed by atoms with E-state index in [0.717, 1.165) is 74.4 Å². The van der Waals surface area contributed by atoms with Crippen molar-refractivity contribution in [3.8, 4) is 11.3 Å². The first-order valence-electron chi connectivity index (χ1n) is 10.4. The lowest BCUT2D eigenvalue weighted by molar-refractivity contribution is 0.0484. The first-order chi connectivity index (χ1) is 14.2. The Morgan fingerprint density at radius 3 is 3.07 bits per heavy atom. The zero-order valence-corrected chi connectivity index (χ0v) is 16.6. The Balaban J connectivity index is 1.48. The van der Waals surface area contributed by atoms with Crippen LogP contribution in [0.15, 0.2) is 24.4 Å². The number of anilines is 2. The number of hydrogen-bond acceptors (Lipinski definition) is 6. The summed E-state index contributed by atoms with van der Waals surface area (Å²) in [6, 6.07) is 5.68. The number of nitrogens with one attached hydrogen (secondary N) is 3. The van der Waals surface area contributed by atoms with E-state index in [0.29, 0.717) is 5.69 Å². The van der Waals surface area contributed by atoms with Crippen molar-refractivity contribution in [3.63, 3.8) is 0 Å². The number of fused-ring (bicyclic) bond motifs is 4. The number of ether oxygens (including phenoxy) is 2. The van der Waals surface area contributed by atoms with Crippen molar-refractivity contribution in [2.45, 2.75) is 50.7 Å². The molecule has 2 aromatic rings.